The number of hydrogen-bond donors (Lipinski definition) is 1. The van der Waals surface area contributed by atoms with Crippen molar-refractivity contribution in [1.82, 2.24) is 0 Å². The van der Waals surface area contributed by atoms with Crippen LogP contribution in [0.25, 0.3) is 0 Å². The second-order valence-electron chi connectivity index (χ2n) is 4.60. The number of rotatable bonds is 6. The molecule has 0 bridgehead atoms. The van der Waals surface area contributed by atoms with E-state index in [4.69, 9.17) is 27.9 Å². The van der Waals surface area contributed by atoms with Gasteiger partial charge in [-0.1, -0.05) is 36.2 Å². The van der Waals surface area contributed by atoms with Crippen LogP contribution in [0, 0.1) is 0 Å². The lowest BCUT2D eigenvalue weighted by Gasteiger charge is -2.11. The van der Waals surface area contributed by atoms with Crippen molar-refractivity contribution in [2.45, 2.75) is 19.9 Å². The zero-order valence-corrected chi connectivity index (χ0v) is 14.7. The van der Waals surface area contributed by atoms with Crippen molar-refractivity contribution in [2.24, 2.45) is 0 Å². The first-order chi connectivity index (χ1) is 10.1. The zero-order chi connectivity index (χ0) is 15.2. The molecule has 0 unspecified atom stereocenters. The largest absolute Gasteiger partial charge is 0.492 e. The Bertz CT molecular complexity index is 619. The fourth-order valence-corrected chi connectivity index (χ4v) is 2.48. The Kier molecular flexibility index (Phi) is 6.22. The van der Waals surface area contributed by atoms with E-state index in [9.17, 15) is 0 Å². The lowest BCUT2D eigenvalue weighted by Crippen LogP contribution is -2.00. The molecule has 0 heterocycles. The maximum atomic E-state index is 6.20. The number of anilines is 1. The van der Waals surface area contributed by atoms with Gasteiger partial charge in [-0.2, -0.15) is 0 Å². The molecule has 0 aliphatic rings. The predicted octanol–water partition coefficient (Wildman–Crippen LogP) is 6.16. The first kappa shape index (κ1) is 16.5. The molecule has 0 atom stereocenters. The van der Waals surface area contributed by atoms with E-state index >= 15 is 0 Å². The van der Waals surface area contributed by atoms with Gasteiger partial charge in [0.2, 0.25) is 0 Å². The minimum Gasteiger partial charge on any atom is -0.492 e. The molecule has 2 rings (SSSR count). The first-order valence-corrected chi connectivity index (χ1v) is 8.25. The van der Waals surface area contributed by atoms with E-state index in [-0.39, 0.29) is 0 Å². The topological polar surface area (TPSA) is 21.3 Å². The molecule has 0 aliphatic heterocycles. The molecule has 0 aromatic heterocycles. The molecule has 0 saturated carbocycles. The second-order valence-corrected chi connectivity index (χ2v) is 6.26. The maximum absolute atomic E-state index is 6.20. The summed E-state index contributed by atoms with van der Waals surface area (Å²) in [7, 11) is 0. The number of hydrogen-bond acceptors (Lipinski definition) is 2. The highest BCUT2D eigenvalue weighted by Gasteiger charge is 2.04. The standard InChI is InChI=1S/C16H16BrCl2NO/c1-2-7-21-16-6-4-12(9-15(16)19)20-10-11-3-5-13(17)14(18)8-11/h3-6,8-9,20H,2,7,10H2,1H3. The fourth-order valence-electron chi connectivity index (χ4n) is 1.79. The van der Waals surface area contributed by atoms with Gasteiger partial charge >= 0.3 is 0 Å². The molecule has 0 aliphatic carbocycles. The summed E-state index contributed by atoms with van der Waals surface area (Å²) < 4.78 is 6.45. The molecular formula is C16H16BrCl2NO. The van der Waals surface area contributed by atoms with Crippen LogP contribution in [0.3, 0.4) is 0 Å². The van der Waals surface area contributed by atoms with Crippen LogP contribution in [0.1, 0.15) is 18.9 Å². The smallest absolute Gasteiger partial charge is 0.138 e. The van der Waals surface area contributed by atoms with Gasteiger partial charge in [0.05, 0.1) is 16.7 Å². The van der Waals surface area contributed by atoms with Gasteiger partial charge in [-0.15, -0.1) is 0 Å². The van der Waals surface area contributed by atoms with Gasteiger partial charge in [-0.3, -0.25) is 0 Å². The van der Waals surface area contributed by atoms with E-state index in [1.54, 1.807) is 0 Å². The van der Waals surface area contributed by atoms with Crippen molar-refractivity contribution < 1.29 is 4.74 Å². The molecule has 0 saturated heterocycles. The summed E-state index contributed by atoms with van der Waals surface area (Å²) in [6.07, 6.45) is 0.959. The molecule has 1 N–H and O–H groups in total. The highest BCUT2D eigenvalue weighted by molar-refractivity contribution is 9.10. The lowest BCUT2D eigenvalue weighted by atomic mass is 10.2. The van der Waals surface area contributed by atoms with Crippen LogP contribution < -0.4 is 10.1 Å². The fraction of sp³-hybridized carbons (Fsp3) is 0.250. The van der Waals surface area contributed by atoms with Crippen molar-refractivity contribution in [3.8, 4) is 5.75 Å². The van der Waals surface area contributed by atoms with E-state index in [0.717, 1.165) is 27.9 Å². The van der Waals surface area contributed by atoms with Gasteiger partial charge in [0.1, 0.15) is 5.75 Å². The molecule has 2 aromatic rings. The third kappa shape index (κ3) is 4.80. The van der Waals surface area contributed by atoms with Crippen LogP contribution in [-0.4, -0.2) is 6.61 Å². The number of halogens is 3. The van der Waals surface area contributed by atoms with Gasteiger partial charge in [0.15, 0.2) is 0 Å². The average molecular weight is 389 g/mol. The van der Waals surface area contributed by atoms with Crippen LogP contribution >= 0.6 is 39.1 Å². The van der Waals surface area contributed by atoms with Gasteiger partial charge in [0.25, 0.3) is 0 Å². The summed E-state index contributed by atoms with van der Waals surface area (Å²) in [4.78, 5) is 0. The minimum absolute atomic E-state index is 0.613. The van der Waals surface area contributed by atoms with Gasteiger partial charge < -0.3 is 10.1 Å². The molecule has 112 valence electrons. The Morgan fingerprint density at radius 2 is 1.90 bits per heavy atom. The zero-order valence-electron chi connectivity index (χ0n) is 11.6. The van der Waals surface area contributed by atoms with E-state index < -0.39 is 0 Å². The molecule has 0 fully saturated rings. The summed E-state index contributed by atoms with van der Waals surface area (Å²) in [6.45, 7) is 3.41. The van der Waals surface area contributed by atoms with Crippen LogP contribution in [-0.2, 0) is 6.54 Å². The SMILES string of the molecule is CCCOc1ccc(NCc2ccc(Br)c(Cl)c2)cc1Cl. The van der Waals surface area contributed by atoms with Crippen LogP contribution in [0.15, 0.2) is 40.9 Å². The summed E-state index contributed by atoms with van der Waals surface area (Å²) in [5, 5.41) is 4.64. The molecular weight excluding hydrogens is 373 g/mol. The molecule has 2 nitrogen and oxygen atoms in total. The number of nitrogens with one attached hydrogen (secondary N) is 1. The number of ether oxygens (including phenoxy) is 1. The van der Waals surface area contributed by atoms with Gasteiger partial charge in [-0.25, -0.2) is 0 Å². The third-order valence-corrected chi connectivity index (χ3v) is 4.40. The van der Waals surface area contributed by atoms with E-state index in [1.807, 2.05) is 36.4 Å². The molecule has 0 spiro atoms. The van der Waals surface area contributed by atoms with Crippen molar-refractivity contribution in [2.75, 3.05) is 11.9 Å². The third-order valence-electron chi connectivity index (χ3n) is 2.87. The summed E-state index contributed by atoms with van der Waals surface area (Å²) in [6, 6.07) is 11.6. The van der Waals surface area contributed by atoms with Crippen LogP contribution in [0.5, 0.6) is 5.75 Å². The Hall–Kier alpha value is -0.900. The molecule has 21 heavy (non-hydrogen) atoms. The van der Waals surface area contributed by atoms with E-state index in [0.29, 0.717) is 23.2 Å². The van der Waals surface area contributed by atoms with Gasteiger partial charge in [-0.05, 0) is 58.2 Å². The minimum atomic E-state index is 0.613. The van der Waals surface area contributed by atoms with Crippen LogP contribution in [0.4, 0.5) is 5.69 Å². The van der Waals surface area contributed by atoms with Crippen LogP contribution in [0.2, 0.25) is 10.0 Å². The lowest BCUT2D eigenvalue weighted by molar-refractivity contribution is 0.317. The van der Waals surface area contributed by atoms with E-state index in [1.165, 1.54) is 0 Å². The summed E-state index contributed by atoms with van der Waals surface area (Å²) >= 11 is 15.7. The number of benzene rings is 2. The Morgan fingerprint density at radius 3 is 2.57 bits per heavy atom. The van der Waals surface area contributed by atoms with Crippen molar-refractivity contribution >= 4 is 44.8 Å². The summed E-state index contributed by atoms with van der Waals surface area (Å²) in [5.41, 5.74) is 2.05. The van der Waals surface area contributed by atoms with Crippen molar-refractivity contribution in [3.63, 3.8) is 0 Å². The molecule has 5 heteroatoms. The molecule has 2 aromatic carbocycles. The second kappa shape index (κ2) is 7.92. The Balaban J connectivity index is 1.99. The molecule has 0 radical (unpaired) electrons. The van der Waals surface area contributed by atoms with Gasteiger partial charge in [0, 0.05) is 16.7 Å². The van der Waals surface area contributed by atoms with E-state index in [2.05, 4.69) is 28.2 Å². The highest BCUT2D eigenvalue weighted by atomic mass is 79.9. The average Bonchev–Trinajstić information content (AvgIpc) is 2.47. The van der Waals surface area contributed by atoms with Crippen molar-refractivity contribution in [3.05, 3.63) is 56.5 Å². The Morgan fingerprint density at radius 1 is 1.10 bits per heavy atom. The quantitative estimate of drug-likeness (QED) is 0.639. The monoisotopic (exact) mass is 387 g/mol. The highest BCUT2D eigenvalue weighted by Crippen LogP contribution is 2.28. The maximum Gasteiger partial charge on any atom is 0.138 e. The summed E-state index contributed by atoms with van der Waals surface area (Å²) in [5.74, 6) is 0.718. The first-order valence-electron chi connectivity index (χ1n) is 6.70. The predicted molar refractivity (Wildman–Crippen MR) is 93.7 cm³/mol. The normalized spacial score (nSPS) is 10.5. The van der Waals surface area contributed by atoms with Crippen molar-refractivity contribution in [1.29, 1.82) is 0 Å². The molecule has 0 amide bonds. The Labute approximate surface area is 143 Å².